The van der Waals surface area contributed by atoms with E-state index in [1.54, 1.807) is 25.2 Å². The quantitative estimate of drug-likeness (QED) is 0.453. The van der Waals surface area contributed by atoms with Crippen LogP contribution >= 0.6 is 11.6 Å². The van der Waals surface area contributed by atoms with E-state index >= 15 is 0 Å². The molecule has 6 heteroatoms. The third kappa shape index (κ3) is 1.63. The molecule has 3 aliphatic rings. The predicted molar refractivity (Wildman–Crippen MR) is 74.5 cm³/mol. The first-order valence-electron chi connectivity index (χ1n) is 6.65. The fourth-order valence-corrected chi connectivity index (χ4v) is 3.51. The molecule has 2 aliphatic heterocycles. The van der Waals surface area contributed by atoms with Gasteiger partial charge in [0.1, 0.15) is 6.10 Å². The molecule has 2 saturated heterocycles. The zero-order valence-corrected chi connectivity index (χ0v) is 12.1. The Morgan fingerprint density at radius 1 is 1.57 bits per heavy atom. The first-order chi connectivity index (χ1) is 9.97. The number of hydrogen-bond donors (Lipinski definition) is 2. The van der Waals surface area contributed by atoms with E-state index < -0.39 is 29.1 Å². The Balaban J connectivity index is 2.05. The van der Waals surface area contributed by atoms with Crippen molar-refractivity contribution < 1.29 is 19.4 Å². The monoisotopic (exact) mass is 307 g/mol. The van der Waals surface area contributed by atoms with Crippen LogP contribution in [0.5, 0.6) is 0 Å². The van der Waals surface area contributed by atoms with Crippen molar-refractivity contribution in [1.82, 2.24) is 5.32 Å². The zero-order valence-electron chi connectivity index (χ0n) is 11.4. The predicted octanol–water partition coefficient (Wildman–Crippen LogP) is 0.583. The average Bonchev–Trinajstić information content (AvgIpc) is 2.65. The lowest BCUT2D eigenvalue weighted by molar-refractivity contribution is -0.231. The molecule has 2 N–H and O–H groups in total. The number of rotatable bonds is 4. The molecule has 2 heterocycles. The molecule has 0 aromatic heterocycles. The number of fused-ring (bicyclic) bond motifs is 1. The maximum atomic E-state index is 12.2. The Labute approximate surface area is 126 Å². The van der Waals surface area contributed by atoms with Gasteiger partial charge in [0.2, 0.25) is 11.4 Å². The van der Waals surface area contributed by atoms with Gasteiger partial charge in [0.25, 0.3) is 0 Å². The van der Waals surface area contributed by atoms with E-state index in [2.05, 4.69) is 16.8 Å². The Morgan fingerprint density at radius 2 is 2.33 bits per heavy atom. The Kier molecular flexibility index (Phi) is 3.12. The lowest BCUT2D eigenvalue weighted by Gasteiger charge is -2.53. The van der Waals surface area contributed by atoms with Crippen molar-refractivity contribution in [3.05, 3.63) is 35.3 Å². The fourth-order valence-electron chi connectivity index (χ4n) is 3.29. The van der Waals surface area contributed by atoms with Crippen molar-refractivity contribution in [2.24, 2.45) is 5.92 Å². The third-order valence-electron chi connectivity index (χ3n) is 4.49. The molecule has 5 nitrogen and oxygen atoms in total. The summed E-state index contributed by atoms with van der Waals surface area (Å²) in [6.45, 7) is 1.65. The van der Waals surface area contributed by atoms with E-state index in [0.717, 1.165) is 0 Å². The Morgan fingerprint density at radius 3 is 2.90 bits per heavy atom. The van der Waals surface area contributed by atoms with Gasteiger partial charge < -0.3 is 15.2 Å². The molecule has 0 bridgehead atoms. The van der Waals surface area contributed by atoms with Crippen LogP contribution in [0.2, 0.25) is 0 Å². The molecular weight excluding hydrogens is 294 g/mol. The summed E-state index contributed by atoms with van der Waals surface area (Å²) in [6, 6.07) is 0. The summed E-state index contributed by atoms with van der Waals surface area (Å²) in [4.78, 5) is 24.3. The number of aliphatic hydroxyl groups excluding tert-OH is 1. The minimum atomic E-state index is -1.48. The van der Waals surface area contributed by atoms with Gasteiger partial charge in [-0.05, 0) is 25.5 Å². The fraction of sp³-hybridized carbons (Fsp3) is 0.467. The first kappa shape index (κ1) is 14.2. The van der Waals surface area contributed by atoms with Crippen molar-refractivity contribution in [2.75, 3.05) is 5.88 Å². The van der Waals surface area contributed by atoms with Crippen LogP contribution in [0, 0.1) is 5.92 Å². The van der Waals surface area contributed by atoms with Crippen LogP contribution in [0.15, 0.2) is 35.3 Å². The highest BCUT2D eigenvalue weighted by Gasteiger charge is 2.79. The molecular formula is C15H14ClNO4. The molecule has 3 rings (SSSR count). The van der Waals surface area contributed by atoms with Gasteiger partial charge in [-0.1, -0.05) is 17.5 Å². The molecule has 0 radical (unpaired) electrons. The number of halogens is 1. The van der Waals surface area contributed by atoms with Gasteiger partial charge in [0.15, 0.2) is 5.60 Å². The minimum absolute atomic E-state index is 0.267. The van der Waals surface area contributed by atoms with E-state index in [4.69, 9.17) is 16.3 Å². The van der Waals surface area contributed by atoms with Gasteiger partial charge >= 0.3 is 5.97 Å². The van der Waals surface area contributed by atoms with Crippen LogP contribution in [-0.2, 0) is 14.3 Å². The van der Waals surface area contributed by atoms with Crippen LogP contribution in [0.25, 0.3) is 0 Å². The standard InChI is InChI=1S/C15H14ClNO4/c1-14-10(7-8-16)12(19)17-15(14,13(20)21-14)11(18)9-5-3-2-4-6-9/h2-3,5,10-11,18H,7-8H2,1H3,(H,17,19)/t10-,11-,14-,15-/m0/s1. The van der Waals surface area contributed by atoms with Crippen molar-refractivity contribution in [3.8, 4) is 0 Å². The summed E-state index contributed by atoms with van der Waals surface area (Å²) in [5.41, 5.74) is 3.28. The summed E-state index contributed by atoms with van der Waals surface area (Å²) in [7, 11) is 0. The average molecular weight is 308 g/mol. The number of carbonyl (C=O) groups is 2. The van der Waals surface area contributed by atoms with Gasteiger partial charge in [-0.3, -0.25) is 4.79 Å². The van der Waals surface area contributed by atoms with Crippen molar-refractivity contribution in [1.29, 1.82) is 0 Å². The largest absolute Gasteiger partial charge is 0.453 e. The number of nitrogens with one attached hydrogen (secondary N) is 1. The second-order valence-corrected chi connectivity index (χ2v) is 5.86. The van der Waals surface area contributed by atoms with Gasteiger partial charge in [-0.15, -0.1) is 11.6 Å². The second-order valence-electron chi connectivity index (χ2n) is 5.48. The Bertz CT molecular complexity index is 657. The van der Waals surface area contributed by atoms with Gasteiger partial charge in [0, 0.05) is 11.5 Å². The summed E-state index contributed by atoms with van der Waals surface area (Å²) in [5.74, 6) is -1.28. The van der Waals surface area contributed by atoms with Crippen LogP contribution in [0.1, 0.15) is 13.3 Å². The summed E-state index contributed by atoms with van der Waals surface area (Å²) >= 11 is 5.73. The van der Waals surface area contributed by atoms with Gasteiger partial charge in [-0.2, -0.15) is 0 Å². The number of esters is 1. The van der Waals surface area contributed by atoms with Crippen molar-refractivity contribution >= 4 is 23.5 Å². The number of hydrogen-bond acceptors (Lipinski definition) is 4. The molecule has 1 amide bonds. The minimum Gasteiger partial charge on any atom is -0.453 e. The molecule has 0 aromatic carbocycles. The highest BCUT2D eigenvalue weighted by Crippen LogP contribution is 2.52. The first-order valence-corrected chi connectivity index (χ1v) is 7.18. The molecule has 2 fully saturated rings. The normalized spacial score (nSPS) is 37.5. The van der Waals surface area contributed by atoms with Crippen LogP contribution in [0.4, 0.5) is 0 Å². The number of alkyl halides is 1. The highest BCUT2D eigenvalue weighted by atomic mass is 35.5. The number of aliphatic hydroxyl groups is 1. The molecule has 4 atom stereocenters. The molecule has 21 heavy (non-hydrogen) atoms. The van der Waals surface area contributed by atoms with Gasteiger partial charge in [-0.25, -0.2) is 4.79 Å². The van der Waals surface area contributed by atoms with Crippen molar-refractivity contribution in [3.63, 3.8) is 0 Å². The van der Waals surface area contributed by atoms with Crippen LogP contribution in [0.3, 0.4) is 0 Å². The van der Waals surface area contributed by atoms with E-state index in [1.807, 2.05) is 0 Å². The smallest absolute Gasteiger partial charge is 0.339 e. The van der Waals surface area contributed by atoms with E-state index in [1.165, 1.54) is 0 Å². The maximum absolute atomic E-state index is 12.2. The summed E-state index contributed by atoms with van der Waals surface area (Å²) in [6.07, 6.45) is 4.07. The van der Waals surface area contributed by atoms with Crippen LogP contribution < -0.4 is 5.32 Å². The lowest BCUT2D eigenvalue weighted by Crippen LogP contribution is -2.79. The summed E-state index contributed by atoms with van der Waals surface area (Å²) in [5, 5.41) is 13.3. The highest BCUT2D eigenvalue weighted by molar-refractivity contribution is 6.18. The topological polar surface area (TPSA) is 75.6 Å². The maximum Gasteiger partial charge on any atom is 0.339 e. The molecule has 0 saturated carbocycles. The van der Waals surface area contributed by atoms with E-state index in [0.29, 0.717) is 12.0 Å². The molecule has 0 aromatic rings. The SMILES string of the molecule is C[C@@]12OC(=O)[C@]1([C@@H](O)C1=C=C=CC=C1)NC(=O)[C@@H]2CCCl. The number of carbonyl (C=O) groups excluding carboxylic acids is 2. The molecule has 1 aliphatic carbocycles. The van der Waals surface area contributed by atoms with E-state index in [9.17, 15) is 14.7 Å². The van der Waals surface area contributed by atoms with Crippen LogP contribution in [-0.4, -0.2) is 40.1 Å². The Hall–Kier alpha value is -1.77. The second kappa shape index (κ2) is 4.62. The molecule has 110 valence electrons. The molecule has 0 spiro atoms. The summed E-state index contributed by atoms with van der Waals surface area (Å²) < 4.78 is 5.27. The van der Waals surface area contributed by atoms with Crippen molar-refractivity contribution in [2.45, 2.75) is 30.6 Å². The number of ether oxygens (including phenoxy) is 1. The lowest BCUT2D eigenvalue weighted by atomic mass is 9.66. The third-order valence-corrected chi connectivity index (χ3v) is 4.70. The number of allylic oxidation sites excluding steroid dienone is 2. The van der Waals surface area contributed by atoms with E-state index in [-0.39, 0.29) is 11.8 Å². The zero-order chi connectivity index (χ0) is 15.3. The van der Waals surface area contributed by atoms with Gasteiger partial charge in [0.05, 0.1) is 5.92 Å². The molecule has 0 unspecified atom stereocenters. The number of amides is 1.